The highest BCUT2D eigenvalue weighted by Gasteiger charge is 2.52. The van der Waals surface area contributed by atoms with E-state index in [1.165, 1.54) is 0 Å². The van der Waals surface area contributed by atoms with Gasteiger partial charge in [-0.15, -0.1) is 0 Å². The molecule has 96 valence electrons. The molecule has 0 spiro atoms. The molecule has 0 saturated heterocycles. The molecule has 0 aromatic heterocycles. The molecule has 0 unspecified atom stereocenters. The van der Waals surface area contributed by atoms with Gasteiger partial charge in [-0.1, -0.05) is 30.3 Å². The first kappa shape index (κ1) is 11.7. The molecule has 0 aliphatic heterocycles. The summed E-state index contributed by atoms with van der Waals surface area (Å²) in [7, 11) is 0. The average molecular weight is 245 g/mol. The van der Waals surface area contributed by atoms with Crippen molar-refractivity contribution >= 4 is 5.91 Å². The summed E-state index contributed by atoms with van der Waals surface area (Å²) in [5, 5.41) is 12.3. The van der Waals surface area contributed by atoms with E-state index < -0.39 is 0 Å². The molecule has 1 aromatic carbocycles. The molecule has 2 aliphatic rings. The van der Waals surface area contributed by atoms with E-state index in [-0.39, 0.29) is 23.3 Å². The second-order valence-corrected chi connectivity index (χ2v) is 5.79. The number of nitrogens with one attached hydrogen (secondary N) is 1. The zero-order chi connectivity index (χ0) is 12.6. The molecule has 2 saturated carbocycles. The Morgan fingerprint density at radius 3 is 2.33 bits per heavy atom. The first-order valence-electron chi connectivity index (χ1n) is 6.66. The Bertz CT molecular complexity index is 447. The van der Waals surface area contributed by atoms with Gasteiger partial charge in [0.25, 0.3) is 0 Å². The number of hydrogen-bond donors (Lipinski definition) is 2. The van der Waals surface area contributed by atoms with Gasteiger partial charge in [-0.2, -0.15) is 0 Å². The van der Waals surface area contributed by atoms with Crippen LogP contribution in [0.2, 0.25) is 0 Å². The van der Waals surface area contributed by atoms with Crippen LogP contribution >= 0.6 is 0 Å². The maximum Gasteiger partial charge on any atom is 0.230 e. The van der Waals surface area contributed by atoms with Gasteiger partial charge in [0.15, 0.2) is 0 Å². The molecular formula is C15H19NO2. The Hall–Kier alpha value is -1.35. The lowest BCUT2D eigenvalue weighted by Gasteiger charge is -2.18. The molecule has 0 bridgehead atoms. The highest BCUT2D eigenvalue weighted by atomic mass is 16.3. The van der Waals surface area contributed by atoms with Crippen molar-refractivity contribution in [3.63, 3.8) is 0 Å². The van der Waals surface area contributed by atoms with E-state index in [0.29, 0.717) is 6.54 Å². The quantitative estimate of drug-likeness (QED) is 0.828. The van der Waals surface area contributed by atoms with Crippen molar-refractivity contribution in [1.82, 2.24) is 5.32 Å². The second kappa shape index (κ2) is 4.09. The minimum Gasteiger partial charge on any atom is -0.396 e. The third-order valence-electron chi connectivity index (χ3n) is 4.43. The summed E-state index contributed by atoms with van der Waals surface area (Å²) in [6.45, 7) is 0.808. The van der Waals surface area contributed by atoms with Crippen molar-refractivity contribution in [2.75, 3.05) is 13.2 Å². The van der Waals surface area contributed by atoms with Crippen molar-refractivity contribution in [2.24, 2.45) is 5.41 Å². The zero-order valence-electron chi connectivity index (χ0n) is 10.5. The number of benzene rings is 1. The molecule has 3 nitrogen and oxygen atoms in total. The average Bonchev–Trinajstić information content (AvgIpc) is 3.31. The van der Waals surface area contributed by atoms with Gasteiger partial charge in [0.05, 0.1) is 12.0 Å². The van der Waals surface area contributed by atoms with Gasteiger partial charge in [-0.05, 0) is 31.2 Å². The molecule has 0 radical (unpaired) electrons. The summed E-state index contributed by atoms with van der Waals surface area (Å²) >= 11 is 0. The Morgan fingerprint density at radius 2 is 1.83 bits per heavy atom. The number of aliphatic hydroxyl groups is 1. The van der Waals surface area contributed by atoms with E-state index in [1.54, 1.807) is 0 Å². The molecule has 2 fully saturated rings. The van der Waals surface area contributed by atoms with Crippen LogP contribution in [-0.4, -0.2) is 24.2 Å². The standard InChI is InChI=1S/C15H19NO2/c17-11-14(6-7-14)10-16-13(18)15(8-9-15)12-4-2-1-3-5-12/h1-5,17H,6-11H2,(H,16,18). The van der Waals surface area contributed by atoms with Gasteiger partial charge < -0.3 is 10.4 Å². The molecule has 3 heteroatoms. The van der Waals surface area contributed by atoms with Crippen molar-refractivity contribution in [1.29, 1.82) is 0 Å². The van der Waals surface area contributed by atoms with E-state index >= 15 is 0 Å². The van der Waals surface area contributed by atoms with Gasteiger partial charge in [0.1, 0.15) is 0 Å². The van der Waals surface area contributed by atoms with E-state index in [1.807, 2.05) is 30.3 Å². The minimum atomic E-state index is -0.285. The predicted molar refractivity (Wildman–Crippen MR) is 69.1 cm³/mol. The Balaban J connectivity index is 1.66. The molecule has 0 heterocycles. The summed E-state index contributed by atoms with van der Waals surface area (Å²) in [5.74, 6) is 0.133. The summed E-state index contributed by atoms with van der Waals surface area (Å²) in [6, 6.07) is 10.0. The van der Waals surface area contributed by atoms with Crippen LogP contribution < -0.4 is 5.32 Å². The zero-order valence-corrected chi connectivity index (χ0v) is 10.5. The van der Waals surface area contributed by atoms with E-state index in [0.717, 1.165) is 31.2 Å². The van der Waals surface area contributed by atoms with E-state index in [9.17, 15) is 9.90 Å². The molecule has 18 heavy (non-hydrogen) atoms. The lowest BCUT2D eigenvalue weighted by molar-refractivity contribution is -0.123. The SMILES string of the molecule is O=C(NCC1(CO)CC1)C1(c2ccccc2)CC1. The summed E-state index contributed by atoms with van der Waals surface area (Å²) in [5.41, 5.74) is 0.825. The number of rotatable bonds is 5. The lowest BCUT2D eigenvalue weighted by Crippen LogP contribution is -2.39. The molecule has 1 amide bonds. The van der Waals surface area contributed by atoms with Crippen molar-refractivity contribution < 1.29 is 9.90 Å². The van der Waals surface area contributed by atoms with Gasteiger partial charge in [0, 0.05) is 12.0 Å². The van der Waals surface area contributed by atoms with Crippen LogP contribution in [0.4, 0.5) is 0 Å². The van der Waals surface area contributed by atoms with E-state index in [4.69, 9.17) is 0 Å². The normalized spacial score (nSPS) is 22.3. The predicted octanol–water partition coefficient (Wildman–Crippen LogP) is 1.61. The highest BCUT2D eigenvalue weighted by Crippen LogP contribution is 2.49. The first-order valence-corrected chi connectivity index (χ1v) is 6.66. The van der Waals surface area contributed by atoms with Crippen LogP contribution in [0.1, 0.15) is 31.2 Å². The Kier molecular flexibility index (Phi) is 2.67. The van der Waals surface area contributed by atoms with Crippen molar-refractivity contribution in [3.05, 3.63) is 35.9 Å². The number of amides is 1. The number of carbonyl (C=O) groups excluding carboxylic acids is 1. The topological polar surface area (TPSA) is 49.3 Å². The largest absolute Gasteiger partial charge is 0.396 e. The Labute approximate surface area is 107 Å². The van der Waals surface area contributed by atoms with Crippen LogP contribution in [0, 0.1) is 5.41 Å². The summed E-state index contributed by atoms with van der Waals surface area (Å²) in [4.78, 5) is 12.3. The Morgan fingerprint density at radius 1 is 1.17 bits per heavy atom. The molecule has 3 rings (SSSR count). The minimum absolute atomic E-state index is 0.0115. The van der Waals surface area contributed by atoms with Crippen LogP contribution in [0.15, 0.2) is 30.3 Å². The molecular weight excluding hydrogens is 226 g/mol. The summed E-state index contributed by atoms with van der Waals surface area (Å²) < 4.78 is 0. The van der Waals surface area contributed by atoms with E-state index in [2.05, 4.69) is 5.32 Å². The van der Waals surface area contributed by atoms with Gasteiger partial charge in [-0.3, -0.25) is 4.79 Å². The lowest BCUT2D eigenvalue weighted by atomic mass is 9.94. The van der Waals surface area contributed by atoms with Crippen LogP contribution in [0.5, 0.6) is 0 Å². The van der Waals surface area contributed by atoms with Gasteiger partial charge in [0.2, 0.25) is 5.91 Å². The molecule has 1 aromatic rings. The van der Waals surface area contributed by atoms with Gasteiger partial charge >= 0.3 is 0 Å². The monoisotopic (exact) mass is 245 g/mol. The first-order chi connectivity index (χ1) is 8.71. The maximum absolute atomic E-state index is 12.3. The third-order valence-corrected chi connectivity index (χ3v) is 4.43. The molecule has 2 aliphatic carbocycles. The number of aliphatic hydroxyl groups excluding tert-OH is 1. The fourth-order valence-corrected chi connectivity index (χ4v) is 2.53. The smallest absolute Gasteiger partial charge is 0.230 e. The van der Waals surface area contributed by atoms with Crippen LogP contribution in [0.25, 0.3) is 0 Å². The third kappa shape index (κ3) is 1.93. The molecule has 0 atom stereocenters. The fourth-order valence-electron chi connectivity index (χ4n) is 2.53. The van der Waals surface area contributed by atoms with Gasteiger partial charge in [-0.25, -0.2) is 0 Å². The molecule has 2 N–H and O–H groups in total. The maximum atomic E-state index is 12.3. The second-order valence-electron chi connectivity index (χ2n) is 5.79. The van der Waals surface area contributed by atoms with Crippen LogP contribution in [0.3, 0.4) is 0 Å². The summed E-state index contributed by atoms with van der Waals surface area (Å²) in [6.07, 6.45) is 3.94. The fraction of sp³-hybridized carbons (Fsp3) is 0.533. The van der Waals surface area contributed by atoms with Crippen LogP contribution in [-0.2, 0) is 10.2 Å². The highest BCUT2D eigenvalue weighted by molar-refractivity contribution is 5.91. The van der Waals surface area contributed by atoms with Crippen molar-refractivity contribution in [2.45, 2.75) is 31.1 Å². The number of carbonyl (C=O) groups is 1. The van der Waals surface area contributed by atoms with Crippen molar-refractivity contribution in [3.8, 4) is 0 Å². The number of hydrogen-bond acceptors (Lipinski definition) is 2.